The van der Waals surface area contributed by atoms with E-state index < -0.39 is 11.6 Å². The third kappa shape index (κ3) is 4.72. The smallest absolute Gasteiger partial charge is 0.207 e. The number of nitriles is 1. The Morgan fingerprint density at radius 1 is 1.39 bits per heavy atom. The second-order valence-corrected chi connectivity index (χ2v) is 8.70. The molecule has 1 fully saturated rings. The molecule has 0 spiro atoms. The minimum Gasteiger partial charge on any atom is -0.376 e. The van der Waals surface area contributed by atoms with E-state index in [0.29, 0.717) is 11.3 Å². The summed E-state index contributed by atoms with van der Waals surface area (Å²) in [5, 5.41) is 9.03. The van der Waals surface area contributed by atoms with Crippen molar-refractivity contribution < 1.29 is 13.5 Å². The minimum atomic E-state index is -0.683. The summed E-state index contributed by atoms with van der Waals surface area (Å²) in [5.74, 6) is -1.45. The molecule has 1 saturated heterocycles. The van der Waals surface area contributed by atoms with Gasteiger partial charge in [0, 0.05) is 17.7 Å². The second-order valence-electron chi connectivity index (χ2n) is 7.69. The van der Waals surface area contributed by atoms with Crippen molar-refractivity contribution in [3.63, 3.8) is 0 Å². The molecular weight excluding hydrogens is 382 g/mol. The molecule has 3 rings (SSSR count). The Kier molecular flexibility index (Phi) is 6.06. The molecule has 0 aliphatic carbocycles. The molecule has 28 heavy (non-hydrogen) atoms. The quantitative estimate of drug-likeness (QED) is 0.439. The summed E-state index contributed by atoms with van der Waals surface area (Å²) < 4.78 is 35.5. The number of thiazole rings is 1. The number of aliphatic imine (C=N–C) groups is 1. The lowest BCUT2D eigenvalue weighted by Crippen LogP contribution is -2.24. The summed E-state index contributed by atoms with van der Waals surface area (Å²) in [6, 6.07) is 3.02. The average Bonchev–Trinajstić information content (AvgIpc) is 3.27. The number of aromatic nitrogens is 1. The molecule has 0 radical (unpaired) electrons. The van der Waals surface area contributed by atoms with Crippen LogP contribution >= 0.6 is 11.3 Å². The van der Waals surface area contributed by atoms with E-state index in [1.807, 2.05) is 10.8 Å². The van der Waals surface area contributed by atoms with Crippen molar-refractivity contribution >= 4 is 17.2 Å². The molecule has 1 aliphatic rings. The van der Waals surface area contributed by atoms with Crippen LogP contribution in [0.25, 0.3) is 0 Å². The number of benzene rings is 1. The molecule has 1 atom stereocenters. The second kappa shape index (κ2) is 8.33. The summed E-state index contributed by atoms with van der Waals surface area (Å²) in [7, 11) is 0. The van der Waals surface area contributed by atoms with Crippen molar-refractivity contribution in [3.05, 3.63) is 51.3 Å². The summed E-state index contributed by atoms with van der Waals surface area (Å²) >= 11 is 1.44. The maximum Gasteiger partial charge on any atom is 0.207 e. The predicted molar refractivity (Wildman–Crippen MR) is 104 cm³/mol. The van der Waals surface area contributed by atoms with Crippen LogP contribution in [0.4, 0.5) is 8.78 Å². The average molecular weight is 404 g/mol. The van der Waals surface area contributed by atoms with Crippen molar-refractivity contribution in [2.24, 2.45) is 9.98 Å². The van der Waals surface area contributed by atoms with E-state index in [2.05, 4.69) is 30.8 Å². The van der Waals surface area contributed by atoms with Gasteiger partial charge in [-0.3, -0.25) is 0 Å². The Labute approximate surface area is 166 Å². The van der Waals surface area contributed by atoms with Crippen LogP contribution in [0.2, 0.25) is 0 Å². The van der Waals surface area contributed by atoms with Gasteiger partial charge >= 0.3 is 0 Å². The summed E-state index contributed by atoms with van der Waals surface area (Å²) in [5.41, 5.74) is -0.246. The summed E-state index contributed by atoms with van der Waals surface area (Å²) in [4.78, 5) is 9.74. The van der Waals surface area contributed by atoms with Gasteiger partial charge in [-0.05, 0) is 36.5 Å². The van der Waals surface area contributed by atoms with Crippen LogP contribution in [0.3, 0.4) is 0 Å². The van der Waals surface area contributed by atoms with Gasteiger partial charge in [-0.2, -0.15) is 15.2 Å². The molecule has 0 bridgehead atoms. The van der Waals surface area contributed by atoms with E-state index in [0.717, 1.165) is 42.5 Å². The molecule has 1 aliphatic heterocycles. The molecule has 5 nitrogen and oxygen atoms in total. The van der Waals surface area contributed by atoms with Crippen molar-refractivity contribution in [1.29, 1.82) is 5.26 Å². The highest BCUT2D eigenvalue weighted by molar-refractivity contribution is 7.09. The van der Waals surface area contributed by atoms with Crippen LogP contribution in [-0.2, 0) is 16.7 Å². The van der Waals surface area contributed by atoms with Crippen molar-refractivity contribution in [2.75, 3.05) is 6.61 Å². The van der Waals surface area contributed by atoms with Crippen molar-refractivity contribution in [1.82, 2.24) is 4.57 Å². The highest BCUT2D eigenvalue weighted by atomic mass is 32.1. The Hall–Kier alpha value is -2.37. The van der Waals surface area contributed by atoms with E-state index in [1.165, 1.54) is 11.3 Å². The number of halogens is 2. The summed E-state index contributed by atoms with van der Waals surface area (Å²) in [6.45, 7) is 7.63. The van der Waals surface area contributed by atoms with Gasteiger partial charge in [0.25, 0.3) is 0 Å². The third-order valence-electron chi connectivity index (χ3n) is 4.41. The monoisotopic (exact) mass is 404 g/mol. The number of ether oxygens (including phenoxy) is 1. The normalized spacial score (nSPS) is 18.5. The fraction of sp³-hybridized carbons (Fsp3) is 0.450. The molecule has 0 N–H and O–H groups in total. The Bertz CT molecular complexity index is 989. The molecule has 0 saturated carbocycles. The molecule has 2 aromatic rings. The molecule has 2 heterocycles. The summed E-state index contributed by atoms with van der Waals surface area (Å²) in [6.07, 6.45) is 5.72. The maximum atomic E-state index is 14.2. The fourth-order valence-corrected chi connectivity index (χ4v) is 3.96. The topological polar surface area (TPSA) is 62.7 Å². The van der Waals surface area contributed by atoms with E-state index in [9.17, 15) is 8.78 Å². The highest BCUT2D eigenvalue weighted by Crippen LogP contribution is 2.25. The van der Waals surface area contributed by atoms with Crippen LogP contribution in [0.1, 0.15) is 44.1 Å². The van der Waals surface area contributed by atoms with Gasteiger partial charge in [0.2, 0.25) is 6.19 Å². The Morgan fingerprint density at radius 2 is 2.18 bits per heavy atom. The molecule has 1 aromatic carbocycles. The predicted octanol–water partition coefficient (Wildman–Crippen LogP) is 4.13. The first-order valence-corrected chi connectivity index (χ1v) is 9.89. The zero-order valence-corrected chi connectivity index (χ0v) is 16.9. The van der Waals surface area contributed by atoms with Crippen molar-refractivity contribution in [3.8, 4) is 6.19 Å². The number of amidine groups is 1. The standard InChI is InChI=1S/C20H22F2N4OS/c1-20(2,3)17-11-26(10-14-5-4-8-27-14)19(28-17)25-18(24-12-23)15-9-13(21)6-7-16(15)22/h6-7,9,11,14H,4-5,8,10H2,1-3H3/b24-18?,25-19-/t14-/m1/s1. The van der Waals surface area contributed by atoms with Crippen LogP contribution in [0.15, 0.2) is 34.4 Å². The first-order valence-electron chi connectivity index (χ1n) is 9.07. The van der Waals surface area contributed by atoms with Crippen molar-refractivity contribution in [2.45, 2.75) is 51.7 Å². The number of hydrogen-bond donors (Lipinski definition) is 0. The molecule has 0 unspecified atom stereocenters. The van der Waals surface area contributed by atoms with Gasteiger partial charge in [0.15, 0.2) is 10.6 Å². The zero-order chi connectivity index (χ0) is 20.3. The van der Waals surface area contributed by atoms with Crippen LogP contribution in [0, 0.1) is 23.1 Å². The Morgan fingerprint density at radius 3 is 2.82 bits per heavy atom. The lowest BCUT2D eigenvalue weighted by Gasteiger charge is -2.15. The fourth-order valence-electron chi connectivity index (χ4n) is 2.90. The highest BCUT2D eigenvalue weighted by Gasteiger charge is 2.22. The van der Waals surface area contributed by atoms with E-state index in [-0.39, 0.29) is 22.9 Å². The van der Waals surface area contributed by atoms with Gasteiger partial charge in [-0.1, -0.05) is 20.8 Å². The van der Waals surface area contributed by atoms with Crippen LogP contribution in [0.5, 0.6) is 0 Å². The SMILES string of the molecule is CC(C)(C)c1cn(C[C@H]2CCCO2)/c(=N/C(=NC#N)c2cc(F)ccc2F)s1. The van der Waals surface area contributed by atoms with Gasteiger partial charge in [0.1, 0.15) is 11.6 Å². The number of rotatable bonds is 3. The van der Waals surface area contributed by atoms with Gasteiger partial charge in [0.05, 0.1) is 18.2 Å². The molecular formula is C20H22F2N4OS. The van der Waals surface area contributed by atoms with Gasteiger partial charge in [-0.25, -0.2) is 8.78 Å². The van der Waals surface area contributed by atoms with E-state index in [4.69, 9.17) is 10.00 Å². The van der Waals surface area contributed by atoms with E-state index in [1.54, 1.807) is 6.19 Å². The lowest BCUT2D eigenvalue weighted by molar-refractivity contribution is 0.0963. The molecule has 0 amide bonds. The first-order chi connectivity index (χ1) is 13.3. The maximum absolute atomic E-state index is 14.2. The molecule has 148 valence electrons. The number of hydrogen-bond acceptors (Lipinski definition) is 4. The van der Waals surface area contributed by atoms with Gasteiger partial charge in [-0.15, -0.1) is 11.3 Å². The molecule has 8 heteroatoms. The Balaban J connectivity index is 2.11. The zero-order valence-electron chi connectivity index (χ0n) is 16.1. The van der Waals surface area contributed by atoms with Crippen LogP contribution in [-0.4, -0.2) is 23.1 Å². The third-order valence-corrected chi connectivity index (χ3v) is 5.86. The minimum absolute atomic E-state index is 0.0867. The number of nitrogens with zero attached hydrogens (tertiary/aromatic N) is 4. The largest absolute Gasteiger partial charge is 0.376 e. The molecule has 1 aromatic heterocycles. The lowest BCUT2D eigenvalue weighted by atomic mass is 9.95. The first kappa shape index (κ1) is 20.4. The van der Waals surface area contributed by atoms with Gasteiger partial charge < -0.3 is 9.30 Å². The van der Waals surface area contributed by atoms with Crippen LogP contribution < -0.4 is 4.80 Å². The van der Waals surface area contributed by atoms with E-state index >= 15 is 0 Å².